The lowest BCUT2D eigenvalue weighted by atomic mass is 10.2. The van der Waals surface area contributed by atoms with Crippen LogP contribution in [0.25, 0.3) is 11.2 Å². The maximum atomic E-state index is 12.9. The van der Waals surface area contributed by atoms with Crippen LogP contribution in [0, 0.1) is 0 Å². The van der Waals surface area contributed by atoms with Crippen molar-refractivity contribution >= 4 is 60.9 Å². The first-order valence-electron chi connectivity index (χ1n) is 12.1. The van der Waals surface area contributed by atoms with Crippen LogP contribution in [0.2, 0.25) is 0 Å². The Kier molecular flexibility index (Phi) is 8.16. The van der Waals surface area contributed by atoms with E-state index in [9.17, 15) is 9.36 Å². The molecule has 3 fully saturated rings. The van der Waals surface area contributed by atoms with Crippen LogP contribution >= 0.6 is 26.2 Å². The van der Waals surface area contributed by atoms with Gasteiger partial charge in [-0.15, -0.1) is 0 Å². The summed E-state index contributed by atoms with van der Waals surface area (Å²) >= 11 is 9.60. The van der Waals surface area contributed by atoms with Crippen LogP contribution < -0.4 is 5.32 Å². The molecule has 0 spiro atoms. The Labute approximate surface area is 234 Å². The number of nitrogens with zero attached hydrogens (tertiary/aromatic N) is 4. The van der Waals surface area contributed by atoms with Crippen molar-refractivity contribution in [2.75, 3.05) is 25.1 Å². The predicted molar refractivity (Wildman–Crippen MR) is 147 cm³/mol. The molecule has 5 heterocycles. The lowest BCUT2D eigenvalue weighted by molar-refractivity contribution is -0.0370. The number of nitrogens with one attached hydrogen (secondary N) is 1. The van der Waals surface area contributed by atoms with Crippen molar-refractivity contribution in [3.05, 3.63) is 48.5 Å². The van der Waals surface area contributed by atoms with Crippen LogP contribution in [0.15, 0.2) is 43.0 Å². The SMILES string of the molecule is O=C(Nc1ncnc2c1ncn2C1CC2O[PH](=S)OCC3CC(CO3)OP(=O)(S)OCC2O1)c1ccccc1. The van der Waals surface area contributed by atoms with Gasteiger partial charge in [0.15, 0.2) is 24.1 Å². The minimum atomic E-state index is -3.69. The van der Waals surface area contributed by atoms with Gasteiger partial charge in [-0.1, -0.05) is 30.4 Å². The third kappa shape index (κ3) is 6.28. The van der Waals surface area contributed by atoms with E-state index >= 15 is 0 Å². The van der Waals surface area contributed by atoms with E-state index in [0.717, 1.165) is 0 Å². The van der Waals surface area contributed by atoms with E-state index < -0.39 is 38.5 Å². The minimum absolute atomic E-state index is 0.108. The molecule has 208 valence electrons. The Morgan fingerprint density at radius 1 is 1.10 bits per heavy atom. The first-order valence-corrected chi connectivity index (χ1v) is 17.3. The quantitative estimate of drug-likeness (QED) is 0.329. The van der Waals surface area contributed by atoms with Gasteiger partial charge in [-0.3, -0.25) is 18.4 Å². The second kappa shape index (κ2) is 11.6. The van der Waals surface area contributed by atoms with Crippen molar-refractivity contribution in [1.29, 1.82) is 0 Å². The molecule has 7 atom stereocenters. The number of anilines is 1. The number of ether oxygens (including phenoxy) is 2. The van der Waals surface area contributed by atoms with Crippen molar-refractivity contribution in [2.45, 2.75) is 43.5 Å². The van der Waals surface area contributed by atoms with Crippen molar-refractivity contribution < 1.29 is 36.9 Å². The second-order valence-corrected chi connectivity index (χ2v) is 14.0. The van der Waals surface area contributed by atoms with E-state index in [1.165, 1.54) is 6.33 Å². The largest absolute Gasteiger partial charge is 0.386 e. The fraction of sp³-hybridized carbons (Fsp3) is 0.455. The predicted octanol–water partition coefficient (Wildman–Crippen LogP) is 3.52. The van der Waals surface area contributed by atoms with Crippen LogP contribution in [-0.4, -0.2) is 69.7 Å². The molecular formula is C22H25N5O8P2S2. The zero-order chi connectivity index (χ0) is 27.0. The van der Waals surface area contributed by atoms with Crippen molar-refractivity contribution in [3.8, 4) is 0 Å². The van der Waals surface area contributed by atoms with E-state index in [2.05, 4.69) is 32.5 Å². The van der Waals surface area contributed by atoms with Gasteiger partial charge in [0.25, 0.3) is 5.91 Å². The highest BCUT2D eigenvalue weighted by Crippen LogP contribution is 2.55. The summed E-state index contributed by atoms with van der Waals surface area (Å²) < 4.78 is 49.5. The van der Waals surface area contributed by atoms with E-state index in [-0.39, 0.29) is 37.6 Å². The number of amides is 1. The molecule has 3 aliphatic heterocycles. The van der Waals surface area contributed by atoms with Crippen LogP contribution in [0.3, 0.4) is 0 Å². The van der Waals surface area contributed by atoms with Gasteiger partial charge in [-0.2, -0.15) is 0 Å². The molecule has 2 bridgehead atoms. The van der Waals surface area contributed by atoms with E-state index in [0.29, 0.717) is 29.6 Å². The number of hydrogen-bond acceptors (Lipinski definition) is 12. The molecule has 0 saturated carbocycles. The summed E-state index contributed by atoms with van der Waals surface area (Å²) in [4.78, 5) is 25.7. The first kappa shape index (κ1) is 27.4. The molecule has 0 aliphatic carbocycles. The first-order chi connectivity index (χ1) is 18.8. The minimum Gasteiger partial charge on any atom is -0.373 e. The number of aromatic nitrogens is 4. The van der Waals surface area contributed by atoms with Gasteiger partial charge < -0.3 is 23.8 Å². The fourth-order valence-corrected chi connectivity index (χ4v) is 7.62. The van der Waals surface area contributed by atoms with Crippen molar-refractivity contribution in [2.24, 2.45) is 0 Å². The summed E-state index contributed by atoms with van der Waals surface area (Å²) in [5.41, 5.74) is 1.33. The summed E-state index contributed by atoms with van der Waals surface area (Å²) in [5.74, 6) is -0.0549. The zero-order valence-electron chi connectivity index (χ0n) is 20.3. The third-order valence-corrected chi connectivity index (χ3v) is 9.69. The van der Waals surface area contributed by atoms with Crippen LogP contribution in [-0.2, 0) is 43.9 Å². The van der Waals surface area contributed by atoms with Gasteiger partial charge in [0.1, 0.15) is 18.7 Å². The van der Waals surface area contributed by atoms with Crippen molar-refractivity contribution in [3.63, 3.8) is 0 Å². The fourth-order valence-electron chi connectivity index (χ4n) is 4.64. The molecule has 3 aliphatic rings. The van der Waals surface area contributed by atoms with Crippen molar-refractivity contribution in [1.82, 2.24) is 19.5 Å². The van der Waals surface area contributed by atoms with Gasteiger partial charge in [-0.25, -0.2) is 19.5 Å². The number of carbonyl (C=O) groups excluding carboxylic acids is 1. The summed E-state index contributed by atoms with van der Waals surface area (Å²) in [6.07, 6.45) is 1.35. The topological polar surface area (TPSA) is 145 Å². The van der Waals surface area contributed by atoms with Gasteiger partial charge >= 0.3 is 6.80 Å². The molecule has 0 radical (unpaired) electrons. The van der Waals surface area contributed by atoms with E-state index in [1.807, 2.05) is 6.07 Å². The molecule has 3 saturated heterocycles. The molecule has 13 nitrogen and oxygen atoms in total. The normalized spacial score (nSPS) is 33.6. The van der Waals surface area contributed by atoms with Crippen LogP contribution in [0.4, 0.5) is 5.82 Å². The lowest BCUT2D eigenvalue weighted by Crippen LogP contribution is -2.27. The molecule has 7 unspecified atom stereocenters. The van der Waals surface area contributed by atoms with E-state index in [1.54, 1.807) is 35.2 Å². The number of imidazole rings is 1. The molecule has 17 heteroatoms. The van der Waals surface area contributed by atoms with Crippen LogP contribution in [0.5, 0.6) is 0 Å². The Bertz CT molecular complexity index is 1430. The van der Waals surface area contributed by atoms with Gasteiger partial charge in [0.05, 0.1) is 44.5 Å². The highest BCUT2D eigenvalue weighted by molar-refractivity contribution is 8.44. The summed E-state index contributed by atoms with van der Waals surface area (Å²) in [5, 5.41) is 2.79. The number of benzene rings is 1. The molecular weight excluding hydrogens is 588 g/mol. The number of thiol groups is 1. The van der Waals surface area contributed by atoms with Crippen LogP contribution in [0.1, 0.15) is 29.4 Å². The average molecular weight is 614 g/mol. The zero-order valence-corrected chi connectivity index (χ0v) is 23.9. The molecule has 1 amide bonds. The number of hydrogen-bond donors (Lipinski definition) is 2. The molecule has 6 rings (SSSR count). The number of carbonyl (C=O) groups is 1. The molecule has 3 aromatic rings. The summed E-state index contributed by atoms with van der Waals surface area (Å²) in [6, 6.07) is 8.79. The van der Waals surface area contributed by atoms with Gasteiger partial charge in [-0.05, 0) is 23.9 Å². The molecule has 1 aromatic carbocycles. The van der Waals surface area contributed by atoms with E-state index in [4.69, 9.17) is 39.4 Å². The summed E-state index contributed by atoms with van der Waals surface area (Å²) in [7, 11) is -2.07. The molecule has 39 heavy (non-hydrogen) atoms. The highest BCUT2D eigenvalue weighted by Gasteiger charge is 2.41. The Hall–Kier alpha value is -1.77. The maximum absolute atomic E-state index is 12.9. The number of fused-ring (bicyclic) bond motifs is 4. The monoisotopic (exact) mass is 613 g/mol. The van der Waals surface area contributed by atoms with Gasteiger partial charge in [0.2, 0.25) is 0 Å². The Morgan fingerprint density at radius 3 is 2.79 bits per heavy atom. The smallest absolute Gasteiger partial charge is 0.373 e. The maximum Gasteiger partial charge on any atom is 0.386 e. The molecule has 2 aromatic heterocycles. The van der Waals surface area contributed by atoms with Gasteiger partial charge in [0, 0.05) is 18.4 Å². The Morgan fingerprint density at radius 2 is 1.95 bits per heavy atom. The highest BCUT2D eigenvalue weighted by atomic mass is 32.7. The lowest BCUT2D eigenvalue weighted by Gasteiger charge is -2.22. The molecule has 1 N–H and O–H groups in total. The summed E-state index contributed by atoms with van der Waals surface area (Å²) in [6.45, 7) is -3.29. The second-order valence-electron chi connectivity index (χ2n) is 9.13. The third-order valence-electron chi connectivity index (χ3n) is 6.48. The standard InChI is InChI=1S/C22H25N5O8P2S2/c28-22(13-4-2-1-3-5-13)26-20-19-21(24-11-23-20)27(12-25-19)18-7-16-17(33-18)10-32-37(29,39)35-15-6-14(30-8-15)9-31-36(38)34-16/h1-5,11-12,14-18,36H,6-10H2,(H,29,39)(H,23,24,26,28). The Balaban J connectivity index is 1.22. The average Bonchev–Trinajstić information content (AvgIpc) is 3.65. The number of rotatable bonds is 3.